The zero-order valence-corrected chi connectivity index (χ0v) is 15.6. The van der Waals surface area contributed by atoms with Gasteiger partial charge in [0.05, 0.1) is 23.3 Å². The number of hydrogen-bond acceptors (Lipinski definition) is 4. The lowest BCUT2D eigenvalue weighted by atomic mass is 10.0. The van der Waals surface area contributed by atoms with Gasteiger partial charge >= 0.3 is 0 Å². The Morgan fingerprint density at radius 2 is 1.92 bits per heavy atom. The Kier molecular flexibility index (Phi) is 7.96. The number of nitrogens with zero attached hydrogens (tertiary/aromatic N) is 1. The second-order valence-corrected chi connectivity index (χ2v) is 6.62. The SMILES string of the molecule is COCCOCC(=O)N1CCC(NC(=O)c2ccc(Cl)c(Cl)c2)CC1. The van der Waals surface area contributed by atoms with Crippen molar-refractivity contribution in [3.05, 3.63) is 33.8 Å². The normalized spacial score (nSPS) is 15.2. The molecule has 138 valence electrons. The van der Waals surface area contributed by atoms with Crippen LogP contribution < -0.4 is 5.32 Å². The standard InChI is InChI=1S/C17H22Cl2N2O4/c1-24-8-9-25-11-16(22)21-6-4-13(5-7-21)20-17(23)12-2-3-14(18)15(19)10-12/h2-3,10,13H,4-9,11H2,1H3,(H,20,23). The number of halogens is 2. The van der Waals surface area contributed by atoms with Crippen LogP contribution in [0.2, 0.25) is 10.0 Å². The monoisotopic (exact) mass is 388 g/mol. The number of methoxy groups -OCH3 is 1. The van der Waals surface area contributed by atoms with E-state index in [1.54, 1.807) is 30.2 Å². The number of benzene rings is 1. The summed E-state index contributed by atoms with van der Waals surface area (Å²) in [6.45, 7) is 2.12. The quantitative estimate of drug-likeness (QED) is 0.728. The van der Waals surface area contributed by atoms with Crippen LogP contribution in [0.1, 0.15) is 23.2 Å². The van der Waals surface area contributed by atoms with E-state index < -0.39 is 0 Å². The van der Waals surface area contributed by atoms with E-state index in [2.05, 4.69) is 5.32 Å². The molecule has 1 saturated heterocycles. The molecule has 0 atom stereocenters. The van der Waals surface area contributed by atoms with Gasteiger partial charge in [0.25, 0.3) is 5.91 Å². The third-order valence-corrected chi connectivity index (χ3v) is 4.76. The number of rotatable bonds is 7. The van der Waals surface area contributed by atoms with Gasteiger partial charge in [-0.2, -0.15) is 0 Å². The molecule has 0 unspecified atom stereocenters. The fourth-order valence-electron chi connectivity index (χ4n) is 2.57. The van der Waals surface area contributed by atoms with Gasteiger partial charge in [0, 0.05) is 31.8 Å². The largest absolute Gasteiger partial charge is 0.382 e. The first-order valence-electron chi connectivity index (χ1n) is 8.11. The molecular formula is C17H22Cl2N2O4. The highest BCUT2D eigenvalue weighted by atomic mass is 35.5. The summed E-state index contributed by atoms with van der Waals surface area (Å²) in [4.78, 5) is 26.1. The van der Waals surface area contributed by atoms with Crippen LogP contribution in [0.15, 0.2) is 18.2 Å². The van der Waals surface area contributed by atoms with Crippen molar-refractivity contribution in [2.75, 3.05) is 40.0 Å². The minimum atomic E-state index is -0.189. The Balaban J connectivity index is 1.75. The summed E-state index contributed by atoms with van der Waals surface area (Å²) in [5, 5.41) is 3.74. The summed E-state index contributed by atoms with van der Waals surface area (Å²) < 4.78 is 10.1. The Morgan fingerprint density at radius 1 is 1.20 bits per heavy atom. The number of hydrogen-bond donors (Lipinski definition) is 1. The number of carbonyl (C=O) groups excluding carboxylic acids is 2. The zero-order valence-electron chi connectivity index (χ0n) is 14.1. The molecule has 0 bridgehead atoms. The molecule has 1 N–H and O–H groups in total. The van der Waals surface area contributed by atoms with Crippen LogP contribution in [0.4, 0.5) is 0 Å². The van der Waals surface area contributed by atoms with Crippen molar-refractivity contribution in [1.29, 1.82) is 0 Å². The summed E-state index contributed by atoms with van der Waals surface area (Å²) in [6.07, 6.45) is 1.41. The van der Waals surface area contributed by atoms with Gasteiger partial charge in [-0.1, -0.05) is 23.2 Å². The molecule has 1 aliphatic rings. The molecule has 1 aliphatic heterocycles. The van der Waals surface area contributed by atoms with E-state index in [0.29, 0.717) is 54.8 Å². The van der Waals surface area contributed by atoms with E-state index in [0.717, 1.165) is 0 Å². The van der Waals surface area contributed by atoms with Crippen molar-refractivity contribution in [2.24, 2.45) is 0 Å². The molecule has 25 heavy (non-hydrogen) atoms. The van der Waals surface area contributed by atoms with Gasteiger partial charge in [0.15, 0.2) is 0 Å². The fourth-order valence-corrected chi connectivity index (χ4v) is 2.87. The third-order valence-electron chi connectivity index (χ3n) is 4.02. The van der Waals surface area contributed by atoms with Crippen LogP contribution in [0, 0.1) is 0 Å². The average molecular weight is 389 g/mol. The smallest absolute Gasteiger partial charge is 0.251 e. The second kappa shape index (κ2) is 9.97. The van der Waals surface area contributed by atoms with Crippen LogP contribution in [0.5, 0.6) is 0 Å². The Morgan fingerprint density at radius 3 is 2.56 bits per heavy atom. The van der Waals surface area contributed by atoms with Crippen LogP contribution >= 0.6 is 23.2 Å². The van der Waals surface area contributed by atoms with E-state index in [1.807, 2.05) is 0 Å². The number of likely N-dealkylation sites (tertiary alicyclic amines) is 1. The highest BCUT2D eigenvalue weighted by molar-refractivity contribution is 6.42. The second-order valence-electron chi connectivity index (χ2n) is 5.80. The Bertz CT molecular complexity index is 604. The molecule has 2 rings (SSSR count). The molecule has 1 aromatic rings. The molecule has 6 nitrogen and oxygen atoms in total. The highest BCUT2D eigenvalue weighted by Crippen LogP contribution is 2.22. The molecule has 0 aromatic heterocycles. The molecule has 0 spiro atoms. The Hall–Kier alpha value is -1.34. The first-order chi connectivity index (χ1) is 12.0. The van der Waals surface area contributed by atoms with E-state index >= 15 is 0 Å². The first kappa shape index (κ1) is 20.0. The van der Waals surface area contributed by atoms with Crippen LogP contribution in [-0.4, -0.2) is 62.8 Å². The molecule has 2 amide bonds. The van der Waals surface area contributed by atoms with Gasteiger partial charge < -0.3 is 19.7 Å². The van der Waals surface area contributed by atoms with Crippen molar-refractivity contribution >= 4 is 35.0 Å². The van der Waals surface area contributed by atoms with Gasteiger partial charge in [0.2, 0.25) is 5.91 Å². The van der Waals surface area contributed by atoms with E-state index in [4.69, 9.17) is 32.7 Å². The van der Waals surface area contributed by atoms with Gasteiger partial charge in [-0.15, -0.1) is 0 Å². The van der Waals surface area contributed by atoms with Crippen LogP contribution in [0.3, 0.4) is 0 Å². The predicted octanol–water partition coefficient (Wildman–Crippen LogP) is 2.38. The molecule has 1 heterocycles. The van der Waals surface area contributed by atoms with E-state index in [1.165, 1.54) is 0 Å². The molecular weight excluding hydrogens is 367 g/mol. The number of piperidine rings is 1. The van der Waals surface area contributed by atoms with Crippen molar-refractivity contribution in [3.63, 3.8) is 0 Å². The summed E-state index contributed by atoms with van der Waals surface area (Å²) in [6, 6.07) is 4.82. The third kappa shape index (κ3) is 6.15. The van der Waals surface area contributed by atoms with Crippen molar-refractivity contribution in [2.45, 2.75) is 18.9 Å². The molecule has 1 aromatic carbocycles. The fraction of sp³-hybridized carbons (Fsp3) is 0.529. The first-order valence-corrected chi connectivity index (χ1v) is 8.87. The van der Waals surface area contributed by atoms with Crippen LogP contribution in [0.25, 0.3) is 0 Å². The van der Waals surface area contributed by atoms with Gasteiger partial charge in [-0.25, -0.2) is 0 Å². The minimum absolute atomic E-state index is 0.0282. The lowest BCUT2D eigenvalue weighted by Gasteiger charge is -2.32. The molecule has 1 fully saturated rings. The number of amides is 2. The van der Waals surface area contributed by atoms with E-state index in [-0.39, 0.29) is 24.5 Å². The number of ether oxygens (including phenoxy) is 2. The molecule has 0 saturated carbocycles. The van der Waals surface area contributed by atoms with Gasteiger partial charge in [-0.3, -0.25) is 9.59 Å². The van der Waals surface area contributed by atoms with Crippen molar-refractivity contribution in [3.8, 4) is 0 Å². The highest BCUT2D eigenvalue weighted by Gasteiger charge is 2.24. The minimum Gasteiger partial charge on any atom is -0.382 e. The number of nitrogens with one attached hydrogen (secondary N) is 1. The maximum atomic E-state index is 12.3. The lowest BCUT2D eigenvalue weighted by molar-refractivity contribution is -0.137. The summed E-state index contributed by atoms with van der Waals surface area (Å²) in [5.74, 6) is -0.225. The maximum Gasteiger partial charge on any atom is 0.251 e. The number of carbonyl (C=O) groups is 2. The molecule has 0 aliphatic carbocycles. The zero-order chi connectivity index (χ0) is 18.2. The van der Waals surface area contributed by atoms with Gasteiger partial charge in [-0.05, 0) is 31.0 Å². The summed E-state index contributed by atoms with van der Waals surface area (Å²) in [7, 11) is 1.59. The van der Waals surface area contributed by atoms with Crippen LogP contribution in [-0.2, 0) is 14.3 Å². The van der Waals surface area contributed by atoms with Gasteiger partial charge in [0.1, 0.15) is 6.61 Å². The average Bonchev–Trinajstić information content (AvgIpc) is 2.61. The van der Waals surface area contributed by atoms with Crippen molar-refractivity contribution < 1.29 is 19.1 Å². The summed E-state index contributed by atoms with van der Waals surface area (Å²) >= 11 is 11.8. The topological polar surface area (TPSA) is 67.9 Å². The van der Waals surface area contributed by atoms with Crippen molar-refractivity contribution in [1.82, 2.24) is 10.2 Å². The summed E-state index contributed by atoms with van der Waals surface area (Å²) in [5.41, 5.74) is 0.472. The molecule has 8 heteroatoms. The lowest BCUT2D eigenvalue weighted by Crippen LogP contribution is -2.47. The van der Waals surface area contributed by atoms with E-state index in [9.17, 15) is 9.59 Å². The molecule has 0 radical (unpaired) electrons. The predicted molar refractivity (Wildman–Crippen MR) is 96.2 cm³/mol. The maximum absolute atomic E-state index is 12.3. The Labute approximate surface area is 157 Å².